The van der Waals surface area contributed by atoms with Crippen LogP contribution in [0.25, 0.3) is 0 Å². The van der Waals surface area contributed by atoms with Crippen LogP contribution < -0.4 is 10.0 Å². The van der Waals surface area contributed by atoms with Gasteiger partial charge in [-0.25, -0.2) is 8.42 Å². The Labute approximate surface area is 184 Å². The van der Waals surface area contributed by atoms with Gasteiger partial charge in [0.05, 0.1) is 31.4 Å². The average molecular weight is 447 g/mol. The Hall–Kier alpha value is -2.77. The molecule has 2 rings (SSSR count). The fraction of sp³-hybridized carbons (Fsp3) is 0.524. The van der Waals surface area contributed by atoms with E-state index in [2.05, 4.69) is 31.1 Å². The molecule has 0 aliphatic heterocycles. The summed E-state index contributed by atoms with van der Waals surface area (Å²) in [5.74, 6) is 0.990. The Morgan fingerprint density at radius 3 is 2.29 bits per heavy atom. The summed E-state index contributed by atoms with van der Waals surface area (Å²) in [6, 6.07) is 9.65. The van der Waals surface area contributed by atoms with Gasteiger partial charge in [0, 0.05) is 6.42 Å². The van der Waals surface area contributed by atoms with E-state index in [9.17, 15) is 13.5 Å². The first-order valence-electron chi connectivity index (χ1n) is 10.2. The first-order chi connectivity index (χ1) is 14.6. The van der Waals surface area contributed by atoms with E-state index in [0.29, 0.717) is 31.0 Å². The lowest BCUT2D eigenvalue weighted by atomic mass is 9.96. The second-order valence-corrected chi connectivity index (χ2v) is 9.86. The molecular weight excluding hydrogens is 416 g/mol. The van der Waals surface area contributed by atoms with Gasteiger partial charge >= 0.3 is 0 Å². The molecule has 10 heteroatoms. The largest absolute Gasteiger partial charge is 0.394 e. The molecule has 0 radical (unpaired) electrons. The molecule has 1 unspecified atom stereocenters. The molecule has 1 heterocycles. The molecule has 3 N–H and O–H groups in total. The van der Waals surface area contributed by atoms with Crippen molar-refractivity contribution in [2.75, 3.05) is 22.9 Å². The molecule has 0 bridgehead atoms. The van der Waals surface area contributed by atoms with Gasteiger partial charge in [-0.05, 0) is 29.4 Å². The molecule has 9 nitrogen and oxygen atoms in total. The maximum absolute atomic E-state index is 11.7. The SMILES string of the molecule is CC(C)C[C@H](CO)Nc1nc(CC(C)c2ccc(CC#N)cc2)nc(NS(C)(=O)=O)n1. The number of aliphatic hydroxyl groups excluding tert-OH is 1. The van der Waals surface area contributed by atoms with Crippen LogP contribution in [0.2, 0.25) is 0 Å². The molecule has 0 aliphatic carbocycles. The van der Waals surface area contributed by atoms with E-state index in [4.69, 9.17) is 5.26 Å². The first kappa shape index (κ1) is 24.5. The van der Waals surface area contributed by atoms with E-state index in [1.54, 1.807) is 0 Å². The number of sulfonamides is 1. The maximum Gasteiger partial charge on any atom is 0.241 e. The van der Waals surface area contributed by atoms with Crippen molar-refractivity contribution >= 4 is 21.9 Å². The first-order valence-corrected chi connectivity index (χ1v) is 12.0. The van der Waals surface area contributed by atoms with Gasteiger partial charge < -0.3 is 10.4 Å². The van der Waals surface area contributed by atoms with Gasteiger partial charge in [0.25, 0.3) is 0 Å². The molecule has 0 amide bonds. The van der Waals surface area contributed by atoms with Gasteiger partial charge in [-0.3, -0.25) is 4.72 Å². The average Bonchev–Trinajstić information content (AvgIpc) is 2.66. The smallest absolute Gasteiger partial charge is 0.241 e. The highest BCUT2D eigenvalue weighted by atomic mass is 32.2. The van der Waals surface area contributed by atoms with E-state index in [1.165, 1.54) is 0 Å². The van der Waals surface area contributed by atoms with E-state index in [-0.39, 0.29) is 30.5 Å². The third-order valence-corrected chi connectivity index (χ3v) is 5.14. The van der Waals surface area contributed by atoms with Gasteiger partial charge in [0.15, 0.2) is 0 Å². The van der Waals surface area contributed by atoms with Crippen molar-refractivity contribution in [3.8, 4) is 6.07 Å². The minimum Gasteiger partial charge on any atom is -0.394 e. The van der Waals surface area contributed by atoms with Crippen LogP contribution >= 0.6 is 0 Å². The predicted molar refractivity (Wildman–Crippen MR) is 120 cm³/mol. The highest BCUT2D eigenvalue weighted by Crippen LogP contribution is 2.21. The van der Waals surface area contributed by atoms with E-state index in [1.807, 2.05) is 45.0 Å². The Morgan fingerprint density at radius 1 is 1.10 bits per heavy atom. The quantitative estimate of drug-likeness (QED) is 0.478. The lowest BCUT2D eigenvalue weighted by Crippen LogP contribution is -2.27. The lowest BCUT2D eigenvalue weighted by molar-refractivity contribution is 0.259. The molecule has 0 saturated carbocycles. The number of nitrogens with one attached hydrogen (secondary N) is 2. The maximum atomic E-state index is 11.7. The van der Waals surface area contributed by atoms with Crippen molar-refractivity contribution < 1.29 is 13.5 Å². The summed E-state index contributed by atoms with van der Waals surface area (Å²) in [5, 5.41) is 21.5. The molecule has 1 aromatic heterocycles. The summed E-state index contributed by atoms with van der Waals surface area (Å²) in [6.07, 6.45) is 2.56. The number of rotatable bonds is 11. The Morgan fingerprint density at radius 2 is 1.74 bits per heavy atom. The molecule has 0 spiro atoms. The van der Waals surface area contributed by atoms with E-state index < -0.39 is 10.0 Å². The normalized spacial score (nSPS) is 13.5. The molecule has 1 aromatic carbocycles. The standard InChI is InChI=1S/C21H30N6O3S/c1-14(2)11-18(13-28)23-20-24-19(25-21(26-20)27-31(4,29)30)12-15(3)17-7-5-16(6-8-17)9-10-22/h5-8,14-15,18,28H,9,11-13H2,1-4H3,(H2,23,24,25,26,27)/t15?,18-/m1/s1. The molecule has 168 valence electrons. The molecule has 2 aromatic rings. The molecular formula is C21H30N6O3S. The summed E-state index contributed by atoms with van der Waals surface area (Å²) in [5.41, 5.74) is 2.01. The molecule has 0 aliphatic rings. The molecule has 0 saturated heterocycles. The Balaban J connectivity index is 2.27. The zero-order valence-electron chi connectivity index (χ0n) is 18.3. The number of anilines is 2. The summed E-state index contributed by atoms with van der Waals surface area (Å²) in [4.78, 5) is 12.9. The van der Waals surface area contributed by atoms with Crippen molar-refractivity contribution in [1.29, 1.82) is 5.26 Å². The molecule has 0 fully saturated rings. The van der Waals surface area contributed by atoms with Crippen LogP contribution in [0.15, 0.2) is 24.3 Å². The topological polar surface area (TPSA) is 141 Å². The van der Waals surface area contributed by atoms with Crippen molar-refractivity contribution in [2.24, 2.45) is 5.92 Å². The number of aliphatic hydroxyl groups is 1. The minimum atomic E-state index is -3.56. The Kier molecular flexibility index (Phi) is 8.71. The van der Waals surface area contributed by atoms with Crippen molar-refractivity contribution in [3.05, 3.63) is 41.2 Å². The van der Waals surface area contributed by atoms with Crippen LogP contribution in [-0.2, 0) is 22.9 Å². The number of nitrogens with zero attached hydrogens (tertiary/aromatic N) is 4. The number of aromatic nitrogens is 3. The summed E-state index contributed by atoms with van der Waals surface area (Å²) in [6.45, 7) is 6.02. The monoisotopic (exact) mass is 446 g/mol. The minimum absolute atomic E-state index is 0.0572. The van der Waals surface area contributed by atoms with Gasteiger partial charge in [-0.15, -0.1) is 0 Å². The van der Waals surface area contributed by atoms with Gasteiger partial charge in [0.1, 0.15) is 5.82 Å². The summed E-state index contributed by atoms with van der Waals surface area (Å²) < 4.78 is 25.7. The highest BCUT2D eigenvalue weighted by molar-refractivity contribution is 7.91. The fourth-order valence-electron chi connectivity index (χ4n) is 3.16. The van der Waals surface area contributed by atoms with Gasteiger partial charge in [0.2, 0.25) is 21.9 Å². The van der Waals surface area contributed by atoms with Crippen LogP contribution in [0.3, 0.4) is 0 Å². The molecule has 2 atom stereocenters. The number of hydrogen-bond donors (Lipinski definition) is 3. The molecule has 31 heavy (non-hydrogen) atoms. The predicted octanol–water partition coefficient (Wildman–Crippen LogP) is 2.47. The second-order valence-electron chi connectivity index (χ2n) is 8.11. The van der Waals surface area contributed by atoms with Crippen molar-refractivity contribution in [2.45, 2.75) is 52.0 Å². The number of nitriles is 1. The van der Waals surface area contributed by atoms with Gasteiger partial charge in [-0.1, -0.05) is 45.0 Å². The fourth-order valence-corrected chi connectivity index (χ4v) is 3.59. The van der Waals surface area contributed by atoms with Crippen molar-refractivity contribution in [1.82, 2.24) is 15.0 Å². The third-order valence-electron chi connectivity index (χ3n) is 4.59. The van der Waals surface area contributed by atoms with Crippen LogP contribution in [0.1, 0.15) is 50.1 Å². The van der Waals surface area contributed by atoms with Crippen LogP contribution in [0.5, 0.6) is 0 Å². The lowest BCUT2D eigenvalue weighted by Gasteiger charge is -2.19. The third kappa shape index (κ3) is 8.47. The van der Waals surface area contributed by atoms with Crippen LogP contribution in [0, 0.1) is 17.2 Å². The zero-order valence-corrected chi connectivity index (χ0v) is 19.1. The highest BCUT2D eigenvalue weighted by Gasteiger charge is 2.17. The summed E-state index contributed by atoms with van der Waals surface area (Å²) in [7, 11) is -3.56. The van der Waals surface area contributed by atoms with E-state index in [0.717, 1.165) is 17.4 Å². The second kappa shape index (κ2) is 11.0. The number of hydrogen-bond acceptors (Lipinski definition) is 8. The van der Waals surface area contributed by atoms with Gasteiger partial charge in [-0.2, -0.15) is 20.2 Å². The van der Waals surface area contributed by atoms with Crippen LogP contribution in [0.4, 0.5) is 11.9 Å². The van der Waals surface area contributed by atoms with Crippen molar-refractivity contribution in [3.63, 3.8) is 0 Å². The number of benzene rings is 1. The van der Waals surface area contributed by atoms with Crippen LogP contribution in [-0.4, -0.2) is 47.4 Å². The summed E-state index contributed by atoms with van der Waals surface area (Å²) >= 11 is 0. The van der Waals surface area contributed by atoms with E-state index >= 15 is 0 Å². The zero-order chi connectivity index (χ0) is 23.0. The Bertz CT molecular complexity index is 1000.